The zero-order chi connectivity index (χ0) is 26.6. The molecule has 0 bridgehead atoms. The van der Waals surface area contributed by atoms with E-state index in [4.69, 9.17) is 23.7 Å². The standard InChI is InChI=1S/C28H32N2O8/c1-34-20-6-4-18(16-22(20)35-2)25-24(26(31)19-5-7-21-23(17-19)38-15-14-37-21)27(32)28(33)30(25)9-3-8-29-10-12-36-13-11-29/h4-7,16-17,25,31H,3,8-15H2,1-2H3/t25-/m1/s1. The van der Waals surface area contributed by atoms with Gasteiger partial charge in [-0.2, -0.15) is 0 Å². The summed E-state index contributed by atoms with van der Waals surface area (Å²) in [4.78, 5) is 30.5. The van der Waals surface area contributed by atoms with Crippen molar-refractivity contribution in [2.24, 2.45) is 0 Å². The molecule has 2 fully saturated rings. The van der Waals surface area contributed by atoms with Crippen LogP contribution in [0.1, 0.15) is 23.6 Å². The van der Waals surface area contributed by atoms with E-state index >= 15 is 0 Å². The second-order valence-corrected chi connectivity index (χ2v) is 9.27. The zero-order valence-corrected chi connectivity index (χ0v) is 21.6. The molecule has 3 aliphatic heterocycles. The van der Waals surface area contributed by atoms with E-state index in [-0.39, 0.29) is 11.3 Å². The molecule has 10 nitrogen and oxygen atoms in total. The van der Waals surface area contributed by atoms with Gasteiger partial charge in [0.05, 0.1) is 39.0 Å². The number of benzene rings is 2. The van der Waals surface area contributed by atoms with E-state index in [1.165, 1.54) is 19.1 Å². The summed E-state index contributed by atoms with van der Waals surface area (Å²) in [5, 5.41) is 11.4. The van der Waals surface area contributed by atoms with Gasteiger partial charge >= 0.3 is 0 Å². The van der Waals surface area contributed by atoms with Crippen molar-refractivity contribution in [2.75, 3.05) is 66.8 Å². The van der Waals surface area contributed by atoms with Gasteiger partial charge in [-0.1, -0.05) is 6.07 Å². The molecule has 0 spiro atoms. The molecule has 0 aromatic heterocycles. The van der Waals surface area contributed by atoms with Crippen LogP contribution in [0.25, 0.3) is 5.76 Å². The SMILES string of the molecule is COc1ccc([C@@H]2C(=C(O)c3ccc4c(c3)OCCO4)C(=O)C(=O)N2CCCN2CCOCC2)cc1OC. The number of ketones is 1. The number of carbonyl (C=O) groups is 2. The summed E-state index contributed by atoms with van der Waals surface area (Å²) in [6, 6.07) is 9.42. The molecule has 2 saturated heterocycles. The van der Waals surface area contributed by atoms with Crippen molar-refractivity contribution in [3.63, 3.8) is 0 Å². The molecule has 3 aliphatic rings. The first-order valence-corrected chi connectivity index (χ1v) is 12.7. The van der Waals surface area contributed by atoms with Gasteiger partial charge in [0.1, 0.15) is 19.0 Å². The Kier molecular flexibility index (Phi) is 7.71. The van der Waals surface area contributed by atoms with Gasteiger partial charge in [-0.05, 0) is 42.3 Å². The minimum absolute atomic E-state index is 0.0188. The van der Waals surface area contributed by atoms with Crippen LogP contribution in [0.3, 0.4) is 0 Å². The number of amides is 1. The van der Waals surface area contributed by atoms with Gasteiger partial charge in [0, 0.05) is 31.7 Å². The Balaban J connectivity index is 1.52. The summed E-state index contributed by atoms with van der Waals surface area (Å²) in [5.41, 5.74) is 1.02. The molecule has 1 N–H and O–H groups in total. The zero-order valence-electron chi connectivity index (χ0n) is 21.6. The van der Waals surface area contributed by atoms with Crippen LogP contribution < -0.4 is 18.9 Å². The highest BCUT2D eigenvalue weighted by atomic mass is 16.6. The number of nitrogens with zero attached hydrogens (tertiary/aromatic N) is 2. The predicted molar refractivity (Wildman–Crippen MR) is 138 cm³/mol. The Morgan fingerprint density at radius 1 is 0.921 bits per heavy atom. The minimum Gasteiger partial charge on any atom is -0.507 e. The Morgan fingerprint density at radius 3 is 2.39 bits per heavy atom. The molecule has 1 amide bonds. The number of fused-ring (bicyclic) bond motifs is 1. The molecule has 202 valence electrons. The van der Waals surface area contributed by atoms with Crippen molar-refractivity contribution in [2.45, 2.75) is 12.5 Å². The Hall–Kier alpha value is -3.76. The molecule has 2 aromatic rings. The largest absolute Gasteiger partial charge is 0.507 e. The number of carbonyl (C=O) groups excluding carboxylic acids is 2. The van der Waals surface area contributed by atoms with Crippen molar-refractivity contribution in [3.05, 3.63) is 53.1 Å². The fourth-order valence-corrected chi connectivity index (χ4v) is 5.12. The van der Waals surface area contributed by atoms with Gasteiger partial charge in [-0.15, -0.1) is 0 Å². The lowest BCUT2D eigenvalue weighted by Crippen LogP contribution is -2.38. The third-order valence-electron chi connectivity index (χ3n) is 7.06. The van der Waals surface area contributed by atoms with E-state index in [1.807, 2.05) is 0 Å². The highest BCUT2D eigenvalue weighted by Gasteiger charge is 2.46. The van der Waals surface area contributed by atoms with Crippen molar-refractivity contribution < 1.29 is 38.4 Å². The third-order valence-corrected chi connectivity index (χ3v) is 7.06. The topological polar surface area (TPSA) is 107 Å². The maximum atomic E-state index is 13.4. The molecular formula is C28H32N2O8. The first kappa shape index (κ1) is 25.9. The number of aliphatic hydroxyl groups excluding tert-OH is 1. The fraction of sp³-hybridized carbons (Fsp3) is 0.429. The number of ether oxygens (including phenoxy) is 5. The maximum absolute atomic E-state index is 13.4. The lowest BCUT2D eigenvalue weighted by molar-refractivity contribution is -0.140. The normalized spacial score (nSPS) is 21.0. The lowest BCUT2D eigenvalue weighted by atomic mass is 9.94. The molecule has 0 aliphatic carbocycles. The van der Waals surface area contributed by atoms with Crippen molar-refractivity contribution in [1.82, 2.24) is 9.80 Å². The quantitative estimate of drug-likeness (QED) is 0.317. The van der Waals surface area contributed by atoms with Crippen molar-refractivity contribution in [1.29, 1.82) is 0 Å². The van der Waals surface area contributed by atoms with Gasteiger partial charge in [0.25, 0.3) is 11.7 Å². The van der Waals surface area contributed by atoms with E-state index in [1.54, 1.807) is 36.4 Å². The van der Waals surface area contributed by atoms with E-state index in [9.17, 15) is 14.7 Å². The summed E-state index contributed by atoms with van der Waals surface area (Å²) < 4.78 is 27.5. The molecule has 38 heavy (non-hydrogen) atoms. The second-order valence-electron chi connectivity index (χ2n) is 9.27. The van der Waals surface area contributed by atoms with Crippen LogP contribution in [0.2, 0.25) is 0 Å². The second kappa shape index (κ2) is 11.3. The smallest absolute Gasteiger partial charge is 0.295 e. The highest BCUT2D eigenvalue weighted by molar-refractivity contribution is 6.46. The lowest BCUT2D eigenvalue weighted by Gasteiger charge is -2.29. The van der Waals surface area contributed by atoms with Gasteiger partial charge in [0.15, 0.2) is 23.0 Å². The van der Waals surface area contributed by atoms with E-state index in [0.717, 1.165) is 19.6 Å². The number of hydrogen-bond acceptors (Lipinski definition) is 9. The van der Waals surface area contributed by atoms with Gasteiger partial charge < -0.3 is 33.7 Å². The molecule has 1 atom stereocenters. The average molecular weight is 525 g/mol. The molecule has 10 heteroatoms. The molecule has 0 saturated carbocycles. The molecule has 0 unspecified atom stereocenters. The van der Waals surface area contributed by atoms with Crippen LogP contribution in [0, 0.1) is 0 Å². The van der Waals surface area contributed by atoms with Crippen LogP contribution in [0.4, 0.5) is 0 Å². The first-order valence-electron chi connectivity index (χ1n) is 12.7. The highest BCUT2D eigenvalue weighted by Crippen LogP contribution is 2.43. The molecular weight excluding hydrogens is 492 g/mol. The fourth-order valence-electron chi connectivity index (χ4n) is 5.12. The summed E-state index contributed by atoms with van der Waals surface area (Å²) in [6.45, 7) is 4.98. The van der Waals surface area contributed by atoms with Gasteiger partial charge in [-0.25, -0.2) is 0 Å². The van der Waals surface area contributed by atoms with E-state index in [0.29, 0.717) is 73.5 Å². The summed E-state index contributed by atoms with van der Waals surface area (Å²) in [5.74, 6) is 0.372. The van der Waals surface area contributed by atoms with Gasteiger partial charge in [-0.3, -0.25) is 14.5 Å². The number of morpholine rings is 1. The van der Waals surface area contributed by atoms with Gasteiger partial charge in [0.2, 0.25) is 0 Å². The summed E-state index contributed by atoms with van der Waals surface area (Å²) in [7, 11) is 3.06. The van der Waals surface area contributed by atoms with Crippen LogP contribution in [-0.2, 0) is 14.3 Å². The average Bonchev–Trinajstić information content (AvgIpc) is 3.21. The summed E-state index contributed by atoms with van der Waals surface area (Å²) >= 11 is 0. The number of likely N-dealkylation sites (tertiary alicyclic amines) is 1. The number of aliphatic hydroxyl groups is 1. The van der Waals surface area contributed by atoms with E-state index < -0.39 is 17.7 Å². The van der Waals surface area contributed by atoms with Crippen molar-refractivity contribution >= 4 is 17.4 Å². The number of hydrogen-bond donors (Lipinski definition) is 1. The Morgan fingerprint density at radius 2 is 1.66 bits per heavy atom. The molecule has 5 rings (SSSR count). The maximum Gasteiger partial charge on any atom is 0.295 e. The molecule has 3 heterocycles. The number of methoxy groups -OCH3 is 2. The van der Waals surface area contributed by atoms with Crippen LogP contribution >= 0.6 is 0 Å². The Bertz CT molecular complexity index is 1240. The number of Topliss-reactive ketones (excluding diaryl/α,β-unsaturated/α-hetero) is 1. The number of rotatable bonds is 8. The van der Waals surface area contributed by atoms with Crippen LogP contribution in [0.5, 0.6) is 23.0 Å². The van der Waals surface area contributed by atoms with Crippen LogP contribution in [-0.4, -0.2) is 93.4 Å². The van der Waals surface area contributed by atoms with Crippen molar-refractivity contribution in [3.8, 4) is 23.0 Å². The molecule has 2 aromatic carbocycles. The van der Waals surface area contributed by atoms with E-state index in [2.05, 4.69) is 4.90 Å². The monoisotopic (exact) mass is 524 g/mol. The predicted octanol–water partition coefficient (Wildman–Crippen LogP) is 2.62. The first-order chi connectivity index (χ1) is 18.5. The minimum atomic E-state index is -0.798. The van der Waals surface area contributed by atoms with Crippen LogP contribution in [0.15, 0.2) is 42.0 Å². The molecule has 0 radical (unpaired) electrons. The summed E-state index contributed by atoms with van der Waals surface area (Å²) in [6.07, 6.45) is 0.668. The third kappa shape index (κ3) is 5.01. The Labute approximate surface area is 221 Å².